The van der Waals surface area contributed by atoms with E-state index in [2.05, 4.69) is 17.6 Å². The molecule has 2 aliphatic rings. The van der Waals surface area contributed by atoms with E-state index in [0.29, 0.717) is 11.6 Å². The van der Waals surface area contributed by atoms with Gasteiger partial charge in [-0.15, -0.1) is 0 Å². The van der Waals surface area contributed by atoms with Gasteiger partial charge in [-0.1, -0.05) is 45.4 Å². The minimum Gasteiger partial charge on any atom is -0.353 e. The first kappa shape index (κ1) is 15.8. The van der Waals surface area contributed by atoms with E-state index in [0.717, 1.165) is 32.2 Å². The van der Waals surface area contributed by atoms with Gasteiger partial charge in [0.2, 0.25) is 5.91 Å². The van der Waals surface area contributed by atoms with E-state index in [-0.39, 0.29) is 5.91 Å². The molecule has 0 radical (unpaired) electrons. The second kappa shape index (κ2) is 8.02. The molecule has 0 aromatic heterocycles. The summed E-state index contributed by atoms with van der Waals surface area (Å²) in [7, 11) is 0. The van der Waals surface area contributed by atoms with Crippen molar-refractivity contribution in [3.63, 3.8) is 0 Å². The van der Waals surface area contributed by atoms with Crippen molar-refractivity contribution < 1.29 is 4.79 Å². The highest BCUT2D eigenvalue weighted by atomic mass is 16.1. The Morgan fingerprint density at radius 2 is 2.00 bits per heavy atom. The normalized spacial score (nSPS) is 25.6. The number of hydrogen-bond acceptors (Lipinski definition) is 2. The fourth-order valence-electron chi connectivity index (χ4n) is 3.90. The second-order valence-corrected chi connectivity index (χ2v) is 6.84. The van der Waals surface area contributed by atoms with Gasteiger partial charge in [-0.3, -0.25) is 4.79 Å². The average molecular weight is 280 g/mol. The Labute approximate surface area is 124 Å². The van der Waals surface area contributed by atoms with Crippen molar-refractivity contribution in [2.24, 2.45) is 0 Å². The van der Waals surface area contributed by atoms with Crippen LogP contribution in [-0.4, -0.2) is 24.0 Å². The summed E-state index contributed by atoms with van der Waals surface area (Å²) in [6.07, 6.45) is 14.4. The molecule has 3 heteroatoms. The van der Waals surface area contributed by atoms with Gasteiger partial charge in [-0.25, -0.2) is 0 Å². The van der Waals surface area contributed by atoms with Gasteiger partial charge >= 0.3 is 0 Å². The Hall–Kier alpha value is -0.570. The molecule has 3 nitrogen and oxygen atoms in total. The molecule has 1 saturated carbocycles. The van der Waals surface area contributed by atoms with Gasteiger partial charge < -0.3 is 10.6 Å². The number of unbranched alkanes of at least 4 members (excludes halogenated alkanes) is 3. The third-order valence-corrected chi connectivity index (χ3v) is 5.06. The second-order valence-electron chi connectivity index (χ2n) is 6.84. The van der Waals surface area contributed by atoms with E-state index < -0.39 is 0 Å². The molecular weight excluding hydrogens is 248 g/mol. The zero-order valence-corrected chi connectivity index (χ0v) is 13.2. The number of amides is 1. The van der Waals surface area contributed by atoms with Crippen LogP contribution >= 0.6 is 0 Å². The van der Waals surface area contributed by atoms with E-state index in [9.17, 15) is 4.79 Å². The lowest BCUT2D eigenvalue weighted by molar-refractivity contribution is -0.122. The highest BCUT2D eigenvalue weighted by molar-refractivity contribution is 5.76. The molecular formula is C17H32N2O. The minimum absolute atomic E-state index is 0.277. The van der Waals surface area contributed by atoms with Crippen molar-refractivity contribution in [3.8, 4) is 0 Å². The lowest BCUT2D eigenvalue weighted by atomic mass is 9.75. The van der Waals surface area contributed by atoms with Crippen molar-refractivity contribution in [3.05, 3.63) is 0 Å². The molecule has 0 aromatic rings. The van der Waals surface area contributed by atoms with E-state index in [1.807, 2.05) is 0 Å². The van der Waals surface area contributed by atoms with Gasteiger partial charge in [0, 0.05) is 18.0 Å². The Morgan fingerprint density at radius 1 is 1.20 bits per heavy atom. The van der Waals surface area contributed by atoms with Crippen LogP contribution in [0.5, 0.6) is 0 Å². The average Bonchev–Trinajstić information content (AvgIpc) is 2.44. The van der Waals surface area contributed by atoms with E-state index in [4.69, 9.17) is 0 Å². The van der Waals surface area contributed by atoms with Crippen LogP contribution in [0.1, 0.15) is 84.0 Å². The quantitative estimate of drug-likeness (QED) is 0.731. The predicted molar refractivity (Wildman–Crippen MR) is 83.7 cm³/mol. The molecule has 1 aliphatic carbocycles. The smallest absolute Gasteiger partial charge is 0.220 e. The molecule has 2 fully saturated rings. The molecule has 1 atom stereocenters. The summed E-state index contributed by atoms with van der Waals surface area (Å²) in [5, 5.41) is 7.03. The fraction of sp³-hybridized carbons (Fsp3) is 0.941. The van der Waals surface area contributed by atoms with Gasteiger partial charge in [0.25, 0.3) is 0 Å². The van der Waals surface area contributed by atoms with E-state index in [1.165, 1.54) is 51.4 Å². The summed E-state index contributed by atoms with van der Waals surface area (Å²) in [6.45, 7) is 3.28. The minimum atomic E-state index is 0.277. The van der Waals surface area contributed by atoms with Crippen LogP contribution in [0, 0.1) is 0 Å². The molecule has 1 heterocycles. The van der Waals surface area contributed by atoms with Crippen molar-refractivity contribution in [2.75, 3.05) is 6.54 Å². The fourth-order valence-corrected chi connectivity index (χ4v) is 3.90. The predicted octanol–water partition coefficient (Wildman–Crippen LogP) is 3.53. The molecule has 0 aromatic carbocycles. The van der Waals surface area contributed by atoms with E-state index >= 15 is 0 Å². The zero-order chi connectivity index (χ0) is 14.3. The molecule has 1 spiro atoms. The highest BCUT2D eigenvalue weighted by Crippen LogP contribution is 2.34. The molecule has 1 aliphatic heterocycles. The van der Waals surface area contributed by atoms with Crippen molar-refractivity contribution in [1.29, 1.82) is 0 Å². The third kappa shape index (κ3) is 4.76. The van der Waals surface area contributed by atoms with Crippen LogP contribution in [0.15, 0.2) is 0 Å². The summed E-state index contributed by atoms with van der Waals surface area (Å²) in [5.41, 5.74) is 0.344. The third-order valence-electron chi connectivity index (χ3n) is 5.06. The Kier molecular flexibility index (Phi) is 6.34. The topological polar surface area (TPSA) is 41.1 Å². The molecule has 2 N–H and O–H groups in total. The van der Waals surface area contributed by atoms with Gasteiger partial charge in [0.1, 0.15) is 0 Å². The van der Waals surface area contributed by atoms with E-state index in [1.54, 1.807) is 0 Å². The summed E-state index contributed by atoms with van der Waals surface area (Å²) >= 11 is 0. The van der Waals surface area contributed by atoms with Crippen molar-refractivity contribution >= 4 is 5.91 Å². The Bertz CT molecular complexity index is 292. The standard InChI is InChI=1S/C17H32N2O/c1-2-3-4-6-9-16(20)19-15-10-13-18-17(14-15)11-7-5-8-12-17/h15,18H,2-14H2,1H3,(H,19,20). The SMILES string of the molecule is CCCCCCC(=O)NC1CCNC2(CCCCC2)C1. The lowest BCUT2D eigenvalue weighted by Crippen LogP contribution is -2.57. The summed E-state index contributed by atoms with van der Waals surface area (Å²) in [6, 6.07) is 0.410. The molecule has 0 bridgehead atoms. The summed E-state index contributed by atoms with van der Waals surface area (Å²) in [5.74, 6) is 0.277. The molecule has 20 heavy (non-hydrogen) atoms. The molecule has 116 valence electrons. The summed E-state index contributed by atoms with van der Waals surface area (Å²) < 4.78 is 0. The number of carbonyl (C=O) groups excluding carboxylic acids is 1. The van der Waals surface area contributed by atoms with Crippen LogP contribution in [0.25, 0.3) is 0 Å². The van der Waals surface area contributed by atoms with Gasteiger partial charge in [0.15, 0.2) is 0 Å². The van der Waals surface area contributed by atoms with Crippen LogP contribution in [-0.2, 0) is 4.79 Å². The molecule has 2 rings (SSSR count). The maximum atomic E-state index is 12.0. The Balaban J connectivity index is 1.70. The van der Waals surface area contributed by atoms with Gasteiger partial charge in [-0.05, 0) is 38.6 Å². The lowest BCUT2D eigenvalue weighted by Gasteiger charge is -2.44. The maximum absolute atomic E-state index is 12.0. The first-order chi connectivity index (χ1) is 9.74. The highest BCUT2D eigenvalue weighted by Gasteiger charge is 2.37. The maximum Gasteiger partial charge on any atom is 0.220 e. The van der Waals surface area contributed by atoms with Crippen molar-refractivity contribution in [1.82, 2.24) is 10.6 Å². The molecule has 1 saturated heterocycles. The van der Waals surface area contributed by atoms with Crippen LogP contribution in [0.2, 0.25) is 0 Å². The Morgan fingerprint density at radius 3 is 2.75 bits per heavy atom. The molecule has 1 unspecified atom stereocenters. The zero-order valence-electron chi connectivity index (χ0n) is 13.2. The largest absolute Gasteiger partial charge is 0.353 e. The van der Waals surface area contributed by atoms with Crippen LogP contribution in [0.3, 0.4) is 0 Å². The van der Waals surface area contributed by atoms with Gasteiger partial charge in [-0.2, -0.15) is 0 Å². The molecule has 1 amide bonds. The number of nitrogens with one attached hydrogen (secondary N) is 2. The van der Waals surface area contributed by atoms with Crippen molar-refractivity contribution in [2.45, 2.75) is 95.6 Å². The number of piperidine rings is 1. The van der Waals surface area contributed by atoms with Crippen LogP contribution in [0.4, 0.5) is 0 Å². The van der Waals surface area contributed by atoms with Gasteiger partial charge in [0.05, 0.1) is 0 Å². The first-order valence-corrected chi connectivity index (χ1v) is 8.78. The number of rotatable bonds is 6. The first-order valence-electron chi connectivity index (χ1n) is 8.78. The number of carbonyl (C=O) groups is 1. The number of hydrogen-bond donors (Lipinski definition) is 2. The van der Waals surface area contributed by atoms with Crippen LogP contribution < -0.4 is 10.6 Å². The summed E-state index contributed by atoms with van der Waals surface area (Å²) in [4.78, 5) is 12.0. The monoisotopic (exact) mass is 280 g/mol.